The second-order valence-corrected chi connectivity index (χ2v) is 7.40. The van der Waals surface area contributed by atoms with E-state index in [0.717, 1.165) is 22.6 Å². The number of nitrogens with zero attached hydrogens (tertiary/aromatic N) is 4. The highest BCUT2D eigenvalue weighted by atomic mass is 19.1. The van der Waals surface area contributed by atoms with Gasteiger partial charge in [0.1, 0.15) is 5.82 Å². The number of benzene rings is 1. The Bertz CT molecular complexity index is 1110. The number of aryl methyl sites for hydroxylation is 1. The molecule has 0 aliphatic carbocycles. The molecule has 160 valence electrons. The third-order valence-corrected chi connectivity index (χ3v) is 5.42. The molecule has 0 atom stereocenters. The summed E-state index contributed by atoms with van der Waals surface area (Å²) in [4.78, 5) is 28.4. The van der Waals surface area contributed by atoms with E-state index in [9.17, 15) is 14.0 Å². The maximum atomic E-state index is 13.2. The Morgan fingerprint density at radius 2 is 1.71 bits per heavy atom. The van der Waals surface area contributed by atoms with Gasteiger partial charge in [0.2, 0.25) is 5.91 Å². The van der Waals surface area contributed by atoms with E-state index in [-0.39, 0.29) is 17.6 Å². The number of aromatic nitrogens is 2. The molecule has 1 aromatic carbocycles. The summed E-state index contributed by atoms with van der Waals surface area (Å²) in [6.45, 7) is 5.62. The van der Waals surface area contributed by atoms with Gasteiger partial charge in [-0.2, -0.15) is 5.10 Å². The molecule has 3 heterocycles. The second-order valence-electron chi connectivity index (χ2n) is 7.40. The number of furan rings is 1. The van der Waals surface area contributed by atoms with Crippen LogP contribution in [0, 0.1) is 19.7 Å². The van der Waals surface area contributed by atoms with Crippen molar-refractivity contribution in [1.29, 1.82) is 0 Å². The maximum Gasteiger partial charge on any atom is 0.289 e. The average molecular weight is 422 g/mol. The van der Waals surface area contributed by atoms with Crippen LogP contribution >= 0.6 is 0 Å². The molecule has 0 saturated carbocycles. The number of halogens is 1. The molecule has 0 radical (unpaired) electrons. The summed E-state index contributed by atoms with van der Waals surface area (Å²) in [6, 6.07) is 9.43. The molecule has 7 nitrogen and oxygen atoms in total. The Morgan fingerprint density at radius 1 is 1.03 bits per heavy atom. The van der Waals surface area contributed by atoms with Gasteiger partial charge in [0.05, 0.1) is 17.6 Å². The van der Waals surface area contributed by atoms with Gasteiger partial charge in [0, 0.05) is 43.5 Å². The molecule has 1 saturated heterocycles. The van der Waals surface area contributed by atoms with E-state index < -0.39 is 0 Å². The van der Waals surface area contributed by atoms with Crippen LogP contribution in [0.5, 0.6) is 0 Å². The standard InChI is InChI=1S/C23H23FN4O3/c1-16-20(17(2)28(25-16)19-7-5-18(24)6-8-19)9-10-22(29)26-11-13-27(14-12-26)23(30)21-4-3-15-31-21/h3-10,15H,11-14H2,1-2H3. The third-order valence-electron chi connectivity index (χ3n) is 5.42. The van der Waals surface area contributed by atoms with Gasteiger partial charge in [0.15, 0.2) is 5.76 Å². The van der Waals surface area contributed by atoms with Crippen LogP contribution in [0.1, 0.15) is 27.5 Å². The molecule has 31 heavy (non-hydrogen) atoms. The SMILES string of the molecule is Cc1nn(-c2ccc(F)cc2)c(C)c1C=CC(=O)N1CCN(C(=O)c2ccco2)CC1. The van der Waals surface area contributed by atoms with Gasteiger partial charge in [-0.1, -0.05) is 0 Å². The van der Waals surface area contributed by atoms with Crippen LogP contribution in [-0.4, -0.2) is 57.6 Å². The molecule has 2 amide bonds. The highest BCUT2D eigenvalue weighted by Gasteiger charge is 2.25. The van der Waals surface area contributed by atoms with Crippen LogP contribution in [0.25, 0.3) is 11.8 Å². The molecule has 1 aliphatic heterocycles. The number of piperazine rings is 1. The number of amides is 2. The van der Waals surface area contributed by atoms with Crippen LogP contribution in [-0.2, 0) is 4.79 Å². The Hall–Kier alpha value is -3.68. The van der Waals surface area contributed by atoms with Crippen molar-refractivity contribution in [2.75, 3.05) is 26.2 Å². The predicted octanol–water partition coefficient (Wildman–Crippen LogP) is 3.22. The zero-order chi connectivity index (χ0) is 22.0. The van der Waals surface area contributed by atoms with Crippen LogP contribution in [0.3, 0.4) is 0 Å². The van der Waals surface area contributed by atoms with E-state index in [0.29, 0.717) is 31.9 Å². The first-order chi connectivity index (χ1) is 14.9. The molecule has 4 rings (SSSR count). The molecule has 2 aromatic heterocycles. The minimum absolute atomic E-state index is 0.113. The first-order valence-electron chi connectivity index (χ1n) is 10.1. The topological polar surface area (TPSA) is 71.6 Å². The Labute approximate surface area is 179 Å². The monoisotopic (exact) mass is 422 g/mol. The van der Waals surface area contributed by atoms with Crippen molar-refractivity contribution in [3.05, 3.63) is 77.3 Å². The normalized spacial score (nSPS) is 14.4. The summed E-state index contributed by atoms with van der Waals surface area (Å²) in [5.41, 5.74) is 3.25. The number of hydrogen-bond acceptors (Lipinski definition) is 4. The summed E-state index contributed by atoms with van der Waals surface area (Å²) in [5, 5.41) is 4.52. The van der Waals surface area contributed by atoms with Crippen LogP contribution in [0.2, 0.25) is 0 Å². The zero-order valence-electron chi connectivity index (χ0n) is 17.4. The lowest BCUT2D eigenvalue weighted by atomic mass is 10.1. The highest BCUT2D eigenvalue weighted by molar-refractivity contribution is 5.93. The van der Waals surface area contributed by atoms with Gasteiger partial charge in [-0.15, -0.1) is 0 Å². The van der Waals surface area contributed by atoms with Gasteiger partial charge < -0.3 is 14.2 Å². The molecule has 0 unspecified atom stereocenters. The van der Waals surface area contributed by atoms with Gasteiger partial charge >= 0.3 is 0 Å². The summed E-state index contributed by atoms with van der Waals surface area (Å²) in [5.74, 6) is -0.267. The first-order valence-corrected chi connectivity index (χ1v) is 10.1. The zero-order valence-corrected chi connectivity index (χ0v) is 17.4. The average Bonchev–Trinajstić information content (AvgIpc) is 3.41. The molecule has 1 aliphatic rings. The molecule has 0 bridgehead atoms. The minimum atomic E-state index is -0.304. The van der Waals surface area contributed by atoms with Crippen molar-refractivity contribution in [3.8, 4) is 5.69 Å². The fourth-order valence-electron chi connectivity index (χ4n) is 3.68. The minimum Gasteiger partial charge on any atom is -0.459 e. The van der Waals surface area contributed by atoms with Crippen molar-refractivity contribution in [1.82, 2.24) is 19.6 Å². The summed E-state index contributed by atoms with van der Waals surface area (Å²) in [6.07, 6.45) is 4.77. The van der Waals surface area contributed by atoms with E-state index >= 15 is 0 Å². The van der Waals surface area contributed by atoms with Crippen LogP contribution in [0.4, 0.5) is 4.39 Å². The molecule has 0 N–H and O–H groups in total. The van der Waals surface area contributed by atoms with Gasteiger partial charge in [-0.05, 0) is 56.3 Å². The van der Waals surface area contributed by atoms with Crippen molar-refractivity contribution >= 4 is 17.9 Å². The summed E-state index contributed by atoms with van der Waals surface area (Å²) < 4.78 is 20.1. The lowest BCUT2D eigenvalue weighted by Gasteiger charge is -2.33. The third kappa shape index (κ3) is 4.28. The maximum absolute atomic E-state index is 13.2. The van der Waals surface area contributed by atoms with E-state index in [4.69, 9.17) is 4.42 Å². The molecule has 3 aromatic rings. The number of carbonyl (C=O) groups excluding carboxylic acids is 2. The lowest BCUT2D eigenvalue weighted by molar-refractivity contribution is -0.127. The van der Waals surface area contributed by atoms with Gasteiger partial charge in [-0.3, -0.25) is 9.59 Å². The number of rotatable bonds is 4. The predicted molar refractivity (Wildman–Crippen MR) is 113 cm³/mol. The number of hydrogen-bond donors (Lipinski definition) is 0. The van der Waals surface area contributed by atoms with E-state index in [1.165, 1.54) is 24.5 Å². The van der Waals surface area contributed by atoms with Crippen LogP contribution in [0.15, 0.2) is 53.2 Å². The Balaban J connectivity index is 1.41. The fourth-order valence-corrected chi connectivity index (χ4v) is 3.68. The van der Waals surface area contributed by atoms with Gasteiger partial charge in [0.25, 0.3) is 5.91 Å². The lowest BCUT2D eigenvalue weighted by Crippen LogP contribution is -2.50. The van der Waals surface area contributed by atoms with Crippen molar-refractivity contribution in [3.63, 3.8) is 0 Å². The second kappa shape index (κ2) is 8.59. The smallest absolute Gasteiger partial charge is 0.289 e. The summed E-state index contributed by atoms with van der Waals surface area (Å²) >= 11 is 0. The largest absolute Gasteiger partial charge is 0.459 e. The van der Waals surface area contributed by atoms with E-state index in [1.54, 1.807) is 44.8 Å². The van der Waals surface area contributed by atoms with E-state index in [2.05, 4.69) is 5.10 Å². The summed E-state index contributed by atoms with van der Waals surface area (Å²) in [7, 11) is 0. The van der Waals surface area contributed by atoms with E-state index in [1.807, 2.05) is 13.8 Å². The molecule has 1 fully saturated rings. The quantitative estimate of drug-likeness (QED) is 0.606. The van der Waals surface area contributed by atoms with Crippen molar-refractivity contribution < 1.29 is 18.4 Å². The Morgan fingerprint density at radius 3 is 2.35 bits per heavy atom. The molecule has 0 spiro atoms. The van der Waals surface area contributed by atoms with Crippen molar-refractivity contribution in [2.45, 2.75) is 13.8 Å². The molecular formula is C23H23FN4O3. The first kappa shape index (κ1) is 20.6. The molecular weight excluding hydrogens is 399 g/mol. The van der Waals surface area contributed by atoms with Gasteiger partial charge in [-0.25, -0.2) is 9.07 Å². The molecule has 8 heteroatoms. The van der Waals surface area contributed by atoms with Crippen molar-refractivity contribution in [2.24, 2.45) is 0 Å². The highest BCUT2D eigenvalue weighted by Crippen LogP contribution is 2.20. The number of carbonyl (C=O) groups is 2. The Kier molecular flexibility index (Phi) is 5.70. The van der Waals surface area contributed by atoms with Crippen LogP contribution < -0.4 is 0 Å². The fraction of sp³-hybridized carbons (Fsp3) is 0.261.